The Hall–Kier alpha value is -2.89. The van der Waals surface area contributed by atoms with Crippen molar-refractivity contribution in [1.29, 1.82) is 0 Å². The van der Waals surface area contributed by atoms with Crippen molar-refractivity contribution in [2.75, 3.05) is 26.2 Å². The Morgan fingerprint density at radius 3 is 2.30 bits per heavy atom. The quantitative estimate of drug-likeness (QED) is 0.907. The number of carbonyl (C=O) groups excluding carboxylic acids is 2. The van der Waals surface area contributed by atoms with Gasteiger partial charge in [0.1, 0.15) is 5.75 Å². The first kappa shape index (κ1) is 17.5. The van der Waals surface area contributed by atoms with Crippen LogP contribution in [0, 0.1) is 5.92 Å². The van der Waals surface area contributed by atoms with Crippen molar-refractivity contribution in [3.8, 4) is 17.0 Å². The molecule has 140 valence electrons. The summed E-state index contributed by atoms with van der Waals surface area (Å²) in [6.07, 6.45) is 4.25. The van der Waals surface area contributed by atoms with Crippen LogP contribution in [-0.4, -0.2) is 57.9 Å². The summed E-state index contributed by atoms with van der Waals surface area (Å²) in [5.41, 5.74) is 2.28. The molecule has 0 unspecified atom stereocenters. The Kier molecular flexibility index (Phi) is 4.79. The van der Waals surface area contributed by atoms with Gasteiger partial charge in [0.15, 0.2) is 0 Å². The number of aromatic hydroxyl groups is 1. The van der Waals surface area contributed by atoms with Gasteiger partial charge in [-0.3, -0.25) is 14.6 Å². The molecule has 1 saturated carbocycles. The summed E-state index contributed by atoms with van der Waals surface area (Å²) >= 11 is 0. The van der Waals surface area contributed by atoms with Crippen LogP contribution in [0.2, 0.25) is 0 Å². The monoisotopic (exact) mass is 365 g/mol. The first-order chi connectivity index (χ1) is 13.1. The van der Waals surface area contributed by atoms with Gasteiger partial charge < -0.3 is 14.9 Å². The lowest BCUT2D eigenvalue weighted by atomic mass is 10.1. The minimum atomic E-state index is 0.000867. The number of pyridine rings is 1. The molecule has 1 aromatic heterocycles. The normalized spacial score (nSPS) is 17.5. The van der Waals surface area contributed by atoms with Crippen molar-refractivity contribution >= 4 is 11.8 Å². The average molecular weight is 365 g/mol. The maximum absolute atomic E-state index is 12.8. The average Bonchev–Trinajstić information content (AvgIpc) is 3.54. The third kappa shape index (κ3) is 3.94. The van der Waals surface area contributed by atoms with Crippen LogP contribution in [0.5, 0.6) is 5.75 Å². The highest BCUT2D eigenvalue weighted by Crippen LogP contribution is 2.31. The molecule has 0 atom stereocenters. The maximum Gasteiger partial charge on any atom is 0.253 e. The van der Waals surface area contributed by atoms with E-state index in [0.717, 1.165) is 37.1 Å². The highest BCUT2D eigenvalue weighted by atomic mass is 16.3. The summed E-state index contributed by atoms with van der Waals surface area (Å²) in [6.45, 7) is 2.62. The van der Waals surface area contributed by atoms with E-state index in [1.54, 1.807) is 12.1 Å². The lowest BCUT2D eigenvalue weighted by Crippen LogP contribution is -2.37. The second-order valence-electron chi connectivity index (χ2n) is 7.22. The second-order valence-corrected chi connectivity index (χ2v) is 7.22. The molecule has 27 heavy (non-hydrogen) atoms. The van der Waals surface area contributed by atoms with Crippen LogP contribution in [0.3, 0.4) is 0 Å². The van der Waals surface area contributed by atoms with Gasteiger partial charge in [-0.2, -0.15) is 0 Å². The Bertz CT molecular complexity index is 829. The van der Waals surface area contributed by atoms with Crippen LogP contribution >= 0.6 is 0 Å². The van der Waals surface area contributed by atoms with E-state index >= 15 is 0 Å². The molecule has 1 N–H and O–H groups in total. The first-order valence-corrected chi connectivity index (χ1v) is 9.45. The zero-order chi connectivity index (χ0) is 18.8. The second kappa shape index (κ2) is 7.39. The highest BCUT2D eigenvalue weighted by Gasteiger charge is 2.34. The standard InChI is InChI=1S/C21H23N3O3/c25-18-8-9-19(22-14-18)15-2-4-16(5-3-15)20(26)23-10-1-11-24(13-12-23)21(27)17-6-7-17/h2-5,8-9,14,17,25H,1,6-7,10-13H2. The van der Waals surface area contributed by atoms with E-state index in [1.165, 1.54) is 6.20 Å². The van der Waals surface area contributed by atoms with Crippen LogP contribution in [0.4, 0.5) is 0 Å². The molecule has 0 bridgehead atoms. The predicted molar refractivity (Wildman–Crippen MR) is 101 cm³/mol. The van der Waals surface area contributed by atoms with Gasteiger partial charge in [-0.25, -0.2) is 0 Å². The van der Waals surface area contributed by atoms with E-state index in [2.05, 4.69) is 4.98 Å². The molecule has 0 radical (unpaired) electrons. The number of carbonyl (C=O) groups is 2. The van der Waals surface area contributed by atoms with Crippen LogP contribution in [0.25, 0.3) is 11.3 Å². The largest absolute Gasteiger partial charge is 0.506 e. The summed E-state index contributed by atoms with van der Waals surface area (Å²) in [5, 5.41) is 9.34. The zero-order valence-corrected chi connectivity index (χ0v) is 15.2. The molecule has 4 rings (SSSR count). The Labute approximate surface area is 158 Å². The minimum Gasteiger partial charge on any atom is -0.506 e. The Balaban J connectivity index is 1.41. The molecule has 2 heterocycles. The number of amides is 2. The molecule has 0 spiro atoms. The van der Waals surface area contributed by atoms with Crippen molar-refractivity contribution in [2.24, 2.45) is 5.92 Å². The van der Waals surface area contributed by atoms with Gasteiger partial charge >= 0.3 is 0 Å². The van der Waals surface area contributed by atoms with Crippen molar-refractivity contribution in [1.82, 2.24) is 14.8 Å². The summed E-state index contributed by atoms with van der Waals surface area (Å²) in [7, 11) is 0. The topological polar surface area (TPSA) is 73.7 Å². The molecular formula is C21H23N3O3. The predicted octanol–water partition coefficient (Wildman–Crippen LogP) is 2.54. The third-order valence-corrected chi connectivity index (χ3v) is 5.20. The van der Waals surface area contributed by atoms with E-state index in [1.807, 2.05) is 34.1 Å². The summed E-state index contributed by atoms with van der Waals surface area (Å²) in [4.78, 5) is 33.0. The van der Waals surface area contributed by atoms with Gasteiger partial charge in [-0.05, 0) is 43.5 Å². The van der Waals surface area contributed by atoms with Crippen LogP contribution in [-0.2, 0) is 4.79 Å². The molecule has 2 aromatic rings. The van der Waals surface area contributed by atoms with Gasteiger partial charge in [-0.15, -0.1) is 0 Å². The van der Waals surface area contributed by atoms with E-state index < -0.39 is 0 Å². The van der Waals surface area contributed by atoms with Gasteiger partial charge in [0.05, 0.1) is 11.9 Å². The first-order valence-electron chi connectivity index (χ1n) is 9.45. The van der Waals surface area contributed by atoms with Crippen LogP contribution in [0.1, 0.15) is 29.6 Å². The van der Waals surface area contributed by atoms with Crippen molar-refractivity contribution in [3.05, 3.63) is 48.2 Å². The van der Waals surface area contributed by atoms with E-state index in [9.17, 15) is 14.7 Å². The Morgan fingerprint density at radius 2 is 1.63 bits per heavy atom. The number of hydrogen-bond acceptors (Lipinski definition) is 4. The SMILES string of the molecule is O=C(c1ccc(-c2ccc(O)cn2)cc1)N1CCCN(C(=O)C2CC2)CC1. The molecule has 1 saturated heterocycles. The molecule has 1 aromatic carbocycles. The van der Waals surface area contributed by atoms with Gasteiger partial charge in [0.25, 0.3) is 5.91 Å². The third-order valence-electron chi connectivity index (χ3n) is 5.20. The lowest BCUT2D eigenvalue weighted by molar-refractivity contribution is -0.132. The molecule has 1 aliphatic heterocycles. The van der Waals surface area contributed by atoms with Crippen LogP contribution in [0.15, 0.2) is 42.6 Å². The number of aromatic nitrogens is 1. The summed E-state index contributed by atoms with van der Waals surface area (Å²) in [6, 6.07) is 10.7. The molecule has 2 amide bonds. The molecule has 2 fully saturated rings. The molecule has 6 nitrogen and oxygen atoms in total. The summed E-state index contributed by atoms with van der Waals surface area (Å²) < 4.78 is 0. The number of nitrogens with zero attached hydrogens (tertiary/aromatic N) is 3. The smallest absolute Gasteiger partial charge is 0.253 e. The van der Waals surface area contributed by atoms with Crippen molar-refractivity contribution < 1.29 is 14.7 Å². The summed E-state index contributed by atoms with van der Waals surface area (Å²) in [5.74, 6) is 0.616. The molecule has 6 heteroatoms. The molecular weight excluding hydrogens is 342 g/mol. The van der Waals surface area contributed by atoms with Gasteiger partial charge in [-0.1, -0.05) is 12.1 Å². The fourth-order valence-corrected chi connectivity index (χ4v) is 3.45. The Morgan fingerprint density at radius 1 is 0.926 bits per heavy atom. The lowest BCUT2D eigenvalue weighted by Gasteiger charge is -2.22. The highest BCUT2D eigenvalue weighted by molar-refractivity contribution is 5.94. The number of benzene rings is 1. The van der Waals surface area contributed by atoms with Crippen molar-refractivity contribution in [2.45, 2.75) is 19.3 Å². The maximum atomic E-state index is 12.8. The van der Waals surface area contributed by atoms with Crippen molar-refractivity contribution in [3.63, 3.8) is 0 Å². The van der Waals surface area contributed by atoms with Gasteiger partial charge in [0.2, 0.25) is 5.91 Å². The zero-order valence-electron chi connectivity index (χ0n) is 15.2. The van der Waals surface area contributed by atoms with Gasteiger partial charge in [0, 0.05) is 43.2 Å². The molecule has 2 aliphatic rings. The fourth-order valence-electron chi connectivity index (χ4n) is 3.45. The van der Waals surface area contributed by atoms with E-state index in [0.29, 0.717) is 25.2 Å². The number of rotatable bonds is 3. The molecule has 1 aliphatic carbocycles. The van der Waals surface area contributed by atoms with E-state index in [-0.39, 0.29) is 23.5 Å². The minimum absolute atomic E-state index is 0.000867. The van der Waals surface area contributed by atoms with Crippen LogP contribution < -0.4 is 0 Å². The fraction of sp³-hybridized carbons (Fsp3) is 0.381. The van der Waals surface area contributed by atoms with E-state index in [4.69, 9.17) is 0 Å². The number of hydrogen-bond donors (Lipinski definition) is 1.